The zero-order valence-electron chi connectivity index (χ0n) is 10.9. The number of carboxylic acids is 1. The second-order valence-corrected chi connectivity index (χ2v) is 4.10. The van der Waals surface area contributed by atoms with Gasteiger partial charge in [0.1, 0.15) is 5.75 Å². The minimum Gasteiger partial charge on any atom is -0.497 e. The zero-order chi connectivity index (χ0) is 13.5. The van der Waals surface area contributed by atoms with Crippen molar-refractivity contribution in [2.24, 2.45) is 0 Å². The molecule has 0 saturated heterocycles. The molecule has 0 fully saturated rings. The van der Waals surface area contributed by atoms with Crippen molar-refractivity contribution in [2.45, 2.75) is 19.9 Å². The third-order valence-electron chi connectivity index (χ3n) is 2.76. The summed E-state index contributed by atoms with van der Waals surface area (Å²) in [5.41, 5.74) is 1.45. The van der Waals surface area contributed by atoms with Gasteiger partial charge in [0.2, 0.25) is 0 Å². The number of ether oxygens (including phenoxy) is 1. The van der Waals surface area contributed by atoms with Crippen LogP contribution in [0.5, 0.6) is 5.75 Å². The van der Waals surface area contributed by atoms with E-state index in [2.05, 4.69) is 5.32 Å². The van der Waals surface area contributed by atoms with E-state index in [0.29, 0.717) is 12.1 Å². The number of nitrogens with one attached hydrogen (secondary N) is 1. The molecule has 0 aromatic heterocycles. The molecule has 4 nitrogen and oxygen atoms in total. The molecule has 0 radical (unpaired) electrons. The number of rotatable bonds is 6. The van der Waals surface area contributed by atoms with Crippen LogP contribution >= 0.6 is 0 Å². The third-order valence-corrected chi connectivity index (χ3v) is 2.76. The molecule has 0 heterocycles. The lowest BCUT2D eigenvalue weighted by Gasteiger charge is -2.13. The maximum atomic E-state index is 10.6. The van der Waals surface area contributed by atoms with Crippen molar-refractivity contribution in [1.82, 2.24) is 5.32 Å². The van der Waals surface area contributed by atoms with E-state index in [1.807, 2.05) is 31.2 Å². The van der Waals surface area contributed by atoms with Crippen LogP contribution in [-0.2, 0) is 4.79 Å². The van der Waals surface area contributed by atoms with Gasteiger partial charge in [-0.1, -0.05) is 18.2 Å². The van der Waals surface area contributed by atoms with Crippen LogP contribution in [-0.4, -0.2) is 24.7 Å². The SMILES string of the molecule is COc1cccc([C@@H](C)NC/C=C(/C)C(=O)O)c1. The lowest BCUT2D eigenvalue weighted by molar-refractivity contribution is -0.132. The molecule has 0 unspecified atom stereocenters. The van der Waals surface area contributed by atoms with Gasteiger partial charge in [-0.05, 0) is 31.5 Å². The first kappa shape index (κ1) is 14.3. The van der Waals surface area contributed by atoms with Gasteiger partial charge >= 0.3 is 5.97 Å². The summed E-state index contributed by atoms with van der Waals surface area (Å²) >= 11 is 0. The molecule has 0 aliphatic carbocycles. The van der Waals surface area contributed by atoms with Gasteiger partial charge in [0.25, 0.3) is 0 Å². The molecule has 18 heavy (non-hydrogen) atoms. The minimum atomic E-state index is -0.883. The molecular formula is C14H19NO3. The first-order valence-electron chi connectivity index (χ1n) is 5.82. The summed E-state index contributed by atoms with van der Waals surface area (Å²) < 4.78 is 5.16. The quantitative estimate of drug-likeness (QED) is 0.760. The fraction of sp³-hybridized carbons (Fsp3) is 0.357. The van der Waals surface area contributed by atoms with Gasteiger partial charge in [-0.2, -0.15) is 0 Å². The number of hydrogen-bond acceptors (Lipinski definition) is 3. The Hall–Kier alpha value is -1.81. The van der Waals surface area contributed by atoms with E-state index in [4.69, 9.17) is 9.84 Å². The molecule has 1 atom stereocenters. The smallest absolute Gasteiger partial charge is 0.330 e. The molecule has 0 bridgehead atoms. The van der Waals surface area contributed by atoms with Gasteiger partial charge in [0.15, 0.2) is 0 Å². The second-order valence-electron chi connectivity index (χ2n) is 4.10. The highest BCUT2D eigenvalue weighted by atomic mass is 16.5. The molecular weight excluding hydrogens is 230 g/mol. The molecule has 2 N–H and O–H groups in total. The van der Waals surface area contributed by atoms with Crippen molar-refractivity contribution in [3.8, 4) is 5.75 Å². The Morgan fingerprint density at radius 2 is 2.28 bits per heavy atom. The van der Waals surface area contributed by atoms with Crippen LogP contribution in [0.2, 0.25) is 0 Å². The summed E-state index contributed by atoms with van der Waals surface area (Å²) in [4.78, 5) is 10.6. The Kier molecular flexibility index (Phi) is 5.39. The molecule has 1 rings (SSSR count). The number of carbonyl (C=O) groups is 1. The lowest BCUT2D eigenvalue weighted by Crippen LogP contribution is -2.19. The fourth-order valence-electron chi connectivity index (χ4n) is 1.50. The monoisotopic (exact) mass is 249 g/mol. The summed E-state index contributed by atoms with van der Waals surface area (Å²) in [6, 6.07) is 7.94. The van der Waals surface area contributed by atoms with Crippen LogP contribution < -0.4 is 10.1 Å². The average Bonchev–Trinajstić information content (AvgIpc) is 2.38. The van der Waals surface area contributed by atoms with Crippen molar-refractivity contribution in [3.05, 3.63) is 41.5 Å². The third kappa shape index (κ3) is 4.22. The van der Waals surface area contributed by atoms with Crippen molar-refractivity contribution in [2.75, 3.05) is 13.7 Å². The Labute approximate surface area is 107 Å². The Balaban J connectivity index is 2.57. The fourth-order valence-corrected chi connectivity index (χ4v) is 1.50. The molecule has 0 amide bonds. The molecule has 98 valence electrons. The summed E-state index contributed by atoms with van der Waals surface area (Å²) in [6.07, 6.45) is 1.67. The minimum absolute atomic E-state index is 0.137. The van der Waals surface area contributed by atoms with Crippen LogP contribution in [0.15, 0.2) is 35.9 Å². The Morgan fingerprint density at radius 1 is 1.56 bits per heavy atom. The summed E-state index contributed by atoms with van der Waals surface area (Å²) in [5.74, 6) is -0.0655. The van der Waals surface area contributed by atoms with E-state index < -0.39 is 5.97 Å². The first-order chi connectivity index (χ1) is 8.54. The van der Waals surface area contributed by atoms with Gasteiger partial charge in [-0.25, -0.2) is 4.79 Å². The molecule has 0 aliphatic rings. The number of benzene rings is 1. The largest absolute Gasteiger partial charge is 0.497 e. The summed E-state index contributed by atoms with van der Waals surface area (Å²) in [6.45, 7) is 4.13. The van der Waals surface area contributed by atoms with E-state index in [0.717, 1.165) is 11.3 Å². The van der Waals surface area contributed by atoms with E-state index in [1.165, 1.54) is 0 Å². The van der Waals surface area contributed by atoms with Crippen molar-refractivity contribution in [1.29, 1.82) is 0 Å². The molecule has 0 aliphatic heterocycles. The van der Waals surface area contributed by atoms with Crippen LogP contribution in [0.1, 0.15) is 25.5 Å². The predicted octanol–water partition coefficient (Wildman–Crippen LogP) is 2.38. The summed E-state index contributed by atoms with van der Waals surface area (Å²) in [5, 5.41) is 12.0. The number of carboxylic acid groups (broad SMARTS) is 1. The maximum Gasteiger partial charge on any atom is 0.330 e. The highest BCUT2D eigenvalue weighted by Crippen LogP contribution is 2.18. The van der Waals surface area contributed by atoms with Gasteiger partial charge in [-0.3, -0.25) is 0 Å². The van der Waals surface area contributed by atoms with Gasteiger partial charge in [-0.15, -0.1) is 0 Å². The predicted molar refractivity (Wildman–Crippen MR) is 70.8 cm³/mol. The van der Waals surface area contributed by atoms with E-state index >= 15 is 0 Å². The average molecular weight is 249 g/mol. The topological polar surface area (TPSA) is 58.6 Å². The molecule has 1 aromatic carbocycles. The van der Waals surface area contributed by atoms with Crippen LogP contribution in [0.3, 0.4) is 0 Å². The van der Waals surface area contributed by atoms with Crippen LogP contribution in [0.25, 0.3) is 0 Å². The van der Waals surface area contributed by atoms with Gasteiger partial charge in [0, 0.05) is 18.2 Å². The van der Waals surface area contributed by atoms with E-state index in [9.17, 15) is 4.79 Å². The first-order valence-corrected chi connectivity index (χ1v) is 5.82. The highest BCUT2D eigenvalue weighted by Gasteiger charge is 2.05. The molecule has 4 heteroatoms. The standard InChI is InChI=1S/C14H19NO3/c1-10(14(16)17)7-8-15-11(2)12-5-4-6-13(9-12)18-3/h4-7,9,11,15H,8H2,1-3H3,(H,16,17)/b10-7-/t11-/m1/s1. The van der Waals surface area contributed by atoms with Crippen LogP contribution in [0.4, 0.5) is 0 Å². The van der Waals surface area contributed by atoms with Crippen molar-refractivity contribution >= 4 is 5.97 Å². The maximum absolute atomic E-state index is 10.6. The zero-order valence-corrected chi connectivity index (χ0v) is 10.9. The van der Waals surface area contributed by atoms with E-state index in [-0.39, 0.29) is 6.04 Å². The molecule has 0 saturated carbocycles. The Morgan fingerprint density at radius 3 is 2.89 bits per heavy atom. The Bertz CT molecular complexity index is 440. The van der Waals surface area contributed by atoms with E-state index in [1.54, 1.807) is 20.1 Å². The van der Waals surface area contributed by atoms with Crippen molar-refractivity contribution < 1.29 is 14.6 Å². The normalized spacial score (nSPS) is 13.2. The number of hydrogen-bond donors (Lipinski definition) is 2. The number of methoxy groups -OCH3 is 1. The van der Waals surface area contributed by atoms with Gasteiger partial charge in [0.05, 0.1) is 7.11 Å². The van der Waals surface area contributed by atoms with Crippen LogP contribution in [0, 0.1) is 0 Å². The van der Waals surface area contributed by atoms with Crippen molar-refractivity contribution in [3.63, 3.8) is 0 Å². The highest BCUT2D eigenvalue weighted by molar-refractivity contribution is 5.85. The second kappa shape index (κ2) is 6.81. The summed E-state index contributed by atoms with van der Waals surface area (Å²) in [7, 11) is 1.64. The lowest BCUT2D eigenvalue weighted by atomic mass is 10.1. The number of aliphatic carboxylic acids is 1. The molecule has 1 aromatic rings. The molecule has 0 spiro atoms. The van der Waals surface area contributed by atoms with Gasteiger partial charge < -0.3 is 15.2 Å².